The van der Waals surface area contributed by atoms with Gasteiger partial charge in [0, 0.05) is 18.4 Å². The number of benzene rings is 1. The predicted octanol–water partition coefficient (Wildman–Crippen LogP) is 2.66. The smallest absolute Gasteiger partial charge is 0.362 e. The minimum absolute atomic E-state index is 0.318. The molecule has 0 atom stereocenters. The summed E-state index contributed by atoms with van der Waals surface area (Å²) in [5.41, 5.74) is 2.64. The van der Waals surface area contributed by atoms with Crippen molar-refractivity contribution in [3.63, 3.8) is 0 Å². The summed E-state index contributed by atoms with van der Waals surface area (Å²) in [6, 6.07) is 10.8. The molecule has 0 radical (unpaired) electrons. The molecule has 3 rings (SSSR count). The fourth-order valence-corrected chi connectivity index (χ4v) is 2.16. The monoisotopic (exact) mass is 254 g/mol. The molecule has 1 aromatic heterocycles. The number of nitrogens with one attached hydrogen (secondary N) is 1. The number of carbonyl (C=O) groups is 1. The van der Waals surface area contributed by atoms with Gasteiger partial charge in [-0.15, -0.1) is 0 Å². The molecule has 0 amide bonds. The van der Waals surface area contributed by atoms with Gasteiger partial charge in [0.2, 0.25) is 0 Å². The van der Waals surface area contributed by atoms with Crippen LogP contribution in [0.5, 0.6) is 5.75 Å². The van der Waals surface area contributed by atoms with Crippen LogP contribution in [0.25, 0.3) is 0 Å². The summed E-state index contributed by atoms with van der Waals surface area (Å²) in [6.07, 6.45) is 3.69. The van der Waals surface area contributed by atoms with Gasteiger partial charge in [0.1, 0.15) is 11.4 Å². The molecule has 0 aliphatic carbocycles. The first-order valence-electron chi connectivity index (χ1n) is 6.33. The van der Waals surface area contributed by atoms with Crippen LogP contribution in [0.2, 0.25) is 0 Å². The molecule has 0 saturated heterocycles. The van der Waals surface area contributed by atoms with Gasteiger partial charge in [-0.3, -0.25) is 0 Å². The Morgan fingerprint density at radius 1 is 1.26 bits per heavy atom. The molecule has 0 unspecified atom stereocenters. The first-order valence-corrected chi connectivity index (χ1v) is 6.33. The van der Waals surface area contributed by atoms with Gasteiger partial charge in [0.25, 0.3) is 0 Å². The van der Waals surface area contributed by atoms with Crippen molar-refractivity contribution in [2.24, 2.45) is 0 Å². The number of fused-ring (bicyclic) bond motifs is 1. The molecule has 1 aromatic carbocycles. The van der Waals surface area contributed by atoms with Crippen molar-refractivity contribution in [2.75, 3.05) is 11.9 Å². The molecule has 1 aliphatic rings. The van der Waals surface area contributed by atoms with Crippen LogP contribution in [0.4, 0.5) is 5.69 Å². The Bertz CT molecular complexity index is 596. The number of carbonyl (C=O) groups excluding carboxylic acids is 1. The van der Waals surface area contributed by atoms with Gasteiger partial charge in [-0.25, -0.2) is 9.78 Å². The third-order valence-corrected chi connectivity index (χ3v) is 3.10. The van der Waals surface area contributed by atoms with E-state index in [4.69, 9.17) is 4.74 Å². The number of rotatable bonds is 2. The topological polar surface area (TPSA) is 51.2 Å². The van der Waals surface area contributed by atoms with Crippen molar-refractivity contribution >= 4 is 11.7 Å². The van der Waals surface area contributed by atoms with Crippen molar-refractivity contribution in [2.45, 2.75) is 12.8 Å². The quantitative estimate of drug-likeness (QED) is 0.661. The lowest BCUT2D eigenvalue weighted by molar-refractivity contribution is 0.0728. The molecule has 0 bridgehead atoms. The normalized spacial score (nSPS) is 13.3. The second-order valence-electron chi connectivity index (χ2n) is 4.45. The molecule has 0 fully saturated rings. The molecule has 4 heteroatoms. The van der Waals surface area contributed by atoms with E-state index in [0.29, 0.717) is 11.4 Å². The Morgan fingerprint density at radius 3 is 3.05 bits per heavy atom. The van der Waals surface area contributed by atoms with Crippen molar-refractivity contribution in [3.05, 3.63) is 53.9 Å². The number of esters is 1. The summed E-state index contributed by atoms with van der Waals surface area (Å²) < 4.78 is 5.34. The highest BCUT2D eigenvalue weighted by Crippen LogP contribution is 2.26. The van der Waals surface area contributed by atoms with Crippen LogP contribution in [-0.4, -0.2) is 17.5 Å². The number of aromatic nitrogens is 1. The zero-order chi connectivity index (χ0) is 13.1. The Hall–Kier alpha value is -2.36. The number of hydrogen-bond donors (Lipinski definition) is 1. The van der Waals surface area contributed by atoms with E-state index in [0.717, 1.165) is 25.1 Å². The van der Waals surface area contributed by atoms with Crippen molar-refractivity contribution in [1.82, 2.24) is 4.98 Å². The zero-order valence-electron chi connectivity index (χ0n) is 10.4. The summed E-state index contributed by atoms with van der Waals surface area (Å²) in [7, 11) is 0. The van der Waals surface area contributed by atoms with Crippen LogP contribution >= 0.6 is 0 Å². The Morgan fingerprint density at radius 2 is 2.21 bits per heavy atom. The molecular formula is C15H14N2O2. The number of pyridine rings is 1. The number of aryl methyl sites for hydroxylation is 1. The first-order chi connectivity index (χ1) is 9.33. The molecule has 1 aliphatic heterocycles. The minimum Gasteiger partial charge on any atom is -0.422 e. The average Bonchev–Trinajstić information content (AvgIpc) is 2.48. The van der Waals surface area contributed by atoms with Crippen LogP contribution in [0, 0.1) is 0 Å². The standard InChI is InChI=1S/C15H14N2O2/c18-15(14-5-1-2-8-17-14)19-12-6-7-13-11(10-12)4-3-9-16-13/h1-2,5-8,10,16H,3-4,9H2. The van der Waals surface area contributed by atoms with E-state index < -0.39 is 5.97 Å². The molecule has 0 spiro atoms. The van der Waals surface area contributed by atoms with E-state index in [1.54, 1.807) is 30.5 Å². The van der Waals surface area contributed by atoms with E-state index in [9.17, 15) is 4.79 Å². The van der Waals surface area contributed by atoms with Crippen LogP contribution in [0.15, 0.2) is 42.6 Å². The van der Waals surface area contributed by atoms with E-state index in [2.05, 4.69) is 10.3 Å². The predicted molar refractivity (Wildman–Crippen MR) is 72.4 cm³/mol. The van der Waals surface area contributed by atoms with E-state index >= 15 is 0 Å². The fourth-order valence-electron chi connectivity index (χ4n) is 2.16. The summed E-state index contributed by atoms with van der Waals surface area (Å²) >= 11 is 0. The van der Waals surface area contributed by atoms with Crippen molar-refractivity contribution < 1.29 is 9.53 Å². The largest absolute Gasteiger partial charge is 0.422 e. The summed E-state index contributed by atoms with van der Waals surface area (Å²) in [5.74, 6) is 0.141. The molecule has 96 valence electrons. The van der Waals surface area contributed by atoms with E-state index in [1.807, 2.05) is 12.1 Å². The first kappa shape index (κ1) is 11.7. The number of ether oxygens (including phenoxy) is 1. The van der Waals surface area contributed by atoms with E-state index in [-0.39, 0.29) is 0 Å². The minimum atomic E-state index is -0.427. The van der Waals surface area contributed by atoms with Crippen LogP contribution in [0.1, 0.15) is 22.5 Å². The van der Waals surface area contributed by atoms with Crippen LogP contribution < -0.4 is 10.1 Å². The maximum atomic E-state index is 11.9. The molecule has 2 heterocycles. The fraction of sp³-hybridized carbons (Fsp3) is 0.200. The summed E-state index contributed by atoms with van der Waals surface area (Å²) in [5, 5.41) is 3.32. The molecular weight excluding hydrogens is 240 g/mol. The van der Waals surface area contributed by atoms with Crippen LogP contribution in [-0.2, 0) is 6.42 Å². The van der Waals surface area contributed by atoms with Gasteiger partial charge in [-0.1, -0.05) is 6.07 Å². The maximum Gasteiger partial charge on any atom is 0.362 e. The second-order valence-corrected chi connectivity index (χ2v) is 4.45. The Balaban J connectivity index is 1.78. The third-order valence-electron chi connectivity index (χ3n) is 3.10. The van der Waals surface area contributed by atoms with Gasteiger partial charge >= 0.3 is 5.97 Å². The molecule has 19 heavy (non-hydrogen) atoms. The summed E-state index contributed by atoms with van der Waals surface area (Å²) in [4.78, 5) is 15.9. The van der Waals surface area contributed by atoms with Gasteiger partial charge in [0.05, 0.1) is 0 Å². The molecule has 2 aromatic rings. The number of anilines is 1. The SMILES string of the molecule is O=C(Oc1ccc2c(c1)CCCN2)c1ccccn1. The average molecular weight is 254 g/mol. The van der Waals surface area contributed by atoms with Gasteiger partial charge < -0.3 is 10.1 Å². The zero-order valence-corrected chi connectivity index (χ0v) is 10.4. The third kappa shape index (κ3) is 2.57. The van der Waals surface area contributed by atoms with Gasteiger partial charge in [0.15, 0.2) is 0 Å². The second kappa shape index (κ2) is 5.10. The summed E-state index contributed by atoms with van der Waals surface area (Å²) in [6.45, 7) is 1.00. The maximum absolute atomic E-state index is 11.9. The highest BCUT2D eigenvalue weighted by Gasteiger charge is 2.13. The number of hydrogen-bond acceptors (Lipinski definition) is 4. The lowest BCUT2D eigenvalue weighted by Crippen LogP contribution is -2.13. The molecule has 1 N–H and O–H groups in total. The number of nitrogens with zero attached hydrogens (tertiary/aromatic N) is 1. The lowest BCUT2D eigenvalue weighted by atomic mass is 10.0. The van der Waals surface area contributed by atoms with Gasteiger partial charge in [-0.05, 0) is 48.7 Å². The van der Waals surface area contributed by atoms with E-state index in [1.165, 1.54) is 5.56 Å². The highest BCUT2D eigenvalue weighted by atomic mass is 16.5. The Labute approximate surface area is 111 Å². The van der Waals surface area contributed by atoms with Crippen LogP contribution in [0.3, 0.4) is 0 Å². The highest BCUT2D eigenvalue weighted by molar-refractivity contribution is 5.89. The Kier molecular flexibility index (Phi) is 3.14. The lowest BCUT2D eigenvalue weighted by Gasteiger charge is -2.18. The van der Waals surface area contributed by atoms with Crippen molar-refractivity contribution in [1.29, 1.82) is 0 Å². The molecule has 0 saturated carbocycles. The van der Waals surface area contributed by atoms with Gasteiger partial charge in [-0.2, -0.15) is 0 Å². The molecule has 4 nitrogen and oxygen atoms in total. The van der Waals surface area contributed by atoms with Crippen molar-refractivity contribution in [3.8, 4) is 5.75 Å².